The van der Waals surface area contributed by atoms with Crippen molar-refractivity contribution in [3.63, 3.8) is 0 Å². The average Bonchev–Trinajstić information content (AvgIpc) is 1.78. The van der Waals surface area contributed by atoms with Gasteiger partial charge in [0.1, 0.15) is 5.60 Å². The average molecular weight is 182 g/mol. The normalized spacial score (nSPS) is 18.7. The molecular weight excluding hydrogens is 164 g/mol. The molecule has 2 heteroatoms. The number of carbonyl (C=O) groups is 1. The van der Waals surface area contributed by atoms with E-state index in [1.165, 1.54) is 19.3 Å². The van der Waals surface area contributed by atoms with Crippen LogP contribution in [0.25, 0.3) is 0 Å². The number of hydrogen-bond acceptors (Lipinski definition) is 2. The molecule has 0 spiro atoms. The van der Waals surface area contributed by atoms with E-state index in [1.54, 1.807) is 6.08 Å². The van der Waals surface area contributed by atoms with Crippen LogP contribution >= 0.6 is 0 Å². The molecule has 1 saturated carbocycles. The number of ether oxygens (including phenoxy) is 1. The number of rotatable bonds is 2. The zero-order valence-corrected chi connectivity index (χ0v) is 8.67. The quantitative estimate of drug-likeness (QED) is 0.485. The molecule has 1 fully saturated rings. The van der Waals surface area contributed by atoms with Crippen LogP contribution in [-0.4, -0.2) is 11.6 Å². The second-order valence-electron chi connectivity index (χ2n) is 4.58. The van der Waals surface area contributed by atoms with Crippen molar-refractivity contribution in [2.45, 2.75) is 45.6 Å². The molecule has 0 radical (unpaired) electrons. The highest BCUT2D eigenvalue weighted by Gasteiger charge is 2.16. The van der Waals surface area contributed by atoms with Crippen LogP contribution < -0.4 is 0 Å². The molecule has 74 valence electrons. The molecule has 0 heterocycles. The largest absolute Gasteiger partial charge is 0.457 e. The van der Waals surface area contributed by atoms with Gasteiger partial charge in [-0.3, -0.25) is 0 Å². The Kier molecular flexibility index (Phi) is 3.12. The lowest BCUT2D eigenvalue weighted by molar-refractivity contribution is -0.148. The van der Waals surface area contributed by atoms with Gasteiger partial charge in [-0.15, -0.1) is 0 Å². The Morgan fingerprint density at radius 1 is 1.38 bits per heavy atom. The zero-order valence-electron chi connectivity index (χ0n) is 8.67. The summed E-state index contributed by atoms with van der Waals surface area (Å²) in [5.41, 5.74) is -0.374. The first-order valence-corrected chi connectivity index (χ1v) is 4.88. The van der Waals surface area contributed by atoms with Crippen LogP contribution in [0.1, 0.15) is 40.0 Å². The van der Waals surface area contributed by atoms with Gasteiger partial charge in [0.25, 0.3) is 0 Å². The van der Waals surface area contributed by atoms with E-state index in [0.717, 1.165) is 0 Å². The minimum absolute atomic E-state index is 0.223. The maximum atomic E-state index is 11.2. The third kappa shape index (κ3) is 4.11. The van der Waals surface area contributed by atoms with Crippen molar-refractivity contribution in [1.29, 1.82) is 0 Å². The van der Waals surface area contributed by atoms with Crippen LogP contribution in [0.3, 0.4) is 0 Å². The van der Waals surface area contributed by atoms with Crippen LogP contribution in [-0.2, 0) is 9.53 Å². The minimum atomic E-state index is -0.374. The molecule has 0 atom stereocenters. The van der Waals surface area contributed by atoms with E-state index in [0.29, 0.717) is 5.92 Å². The summed E-state index contributed by atoms with van der Waals surface area (Å²) in [5.74, 6) is 0.395. The van der Waals surface area contributed by atoms with Crippen LogP contribution in [0.5, 0.6) is 0 Å². The monoisotopic (exact) mass is 182 g/mol. The standard InChI is InChI=1S/C11H18O2/c1-11(2,3)13-10(12)8-7-9-5-4-6-9/h7-9H,4-6H2,1-3H3/b8-7+. The molecule has 0 aromatic carbocycles. The van der Waals surface area contributed by atoms with Gasteiger partial charge in [-0.25, -0.2) is 4.79 Å². The number of esters is 1. The molecule has 1 aliphatic carbocycles. The van der Waals surface area contributed by atoms with Crippen molar-refractivity contribution >= 4 is 5.97 Å². The predicted octanol–water partition coefficient (Wildman–Crippen LogP) is 2.68. The highest BCUT2D eigenvalue weighted by molar-refractivity contribution is 5.82. The SMILES string of the molecule is CC(C)(C)OC(=O)/C=C/C1CCC1. The third-order valence-electron chi connectivity index (χ3n) is 2.06. The Labute approximate surface area is 80.0 Å². The molecular formula is C11H18O2. The fraction of sp³-hybridized carbons (Fsp3) is 0.727. The Balaban J connectivity index is 2.27. The highest BCUT2D eigenvalue weighted by Crippen LogP contribution is 2.27. The van der Waals surface area contributed by atoms with E-state index >= 15 is 0 Å². The highest BCUT2D eigenvalue weighted by atomic mass is 16.6. The van der Waals surface area contributed by atoms with Crippen molar-refractivity contribution in [1.82, 2.24) is 0 Å². The van der Waals surface area contributed by atoms with Gasteiger partial charge in [-0.05, 0) is 39.5 Å². The molecule has 1 rings (SSSR count). The topological polar surface area (TPSA) is 26.3 Å². The molecule has 1 aliphatic rings. The Hall–Kier alpha value is -0.790. The van der Waals surface area contributed by atoms with Crippen LogP contribution in [0.2, 0.25) is 0 Å². The van der Waals surface area contributed by atoms with Crippen LogP contribution in [0.15, 0.2) is 12.2 Å². The summed E-state index contributed by atoms with van der Waals surface area (Å²) >= 11 is 0. The first kappa shape index (κ1) is 10.3. The molecule has 0 aromatic rings. The van der Waals surface area contributed by atoms with Crippen molar-refractivity contribution < 1.29 is 9.53 Å². The lowest BCUT2D eigenvalue weighted by atomic mass is 9.85. The second-order valence-corrected chi connectivity index (χ2v) is 4.58. The summed E-state index contributed by atoms with van der Waals surface area (Å²) in [4.78, 5) is 11.2. The number of hydrogen-bond donors (Lipinski definition) is 0. The molecule has 0 N–H and O–H groups in total. The van der Waals surface area contributed by atoms with E-state index in [1.807, 2.05) is 26.8 Å². The van der Waals surface area contributed by atoms with Gasteiger partial charge in [-0.1, -0.05) is 12.5 Å². The number of carbonyl (C=O) groups excluding carboxylic acids is 1. The fourth-order valence-corrected chi connectivity index (χ4v) is 1.18. The molecule has 0 saturated heterocycles. The van der Waals surface area contributed by atoms with Gasteiger partial charge in [0.2, 0.25) is 0 Å². The van der Waals surface area contributed by atoms with Crippen molar-refractivity contribution in [3.05, 3.63) is 12.2 Å². The minimum Gasteiger partial charge on any atom is -0.457 e. The van der Waals surface area contributed by atoms with Gasteiger partial charge in [0.05, 0.1) is 0 Å². The van der Waals surface area contributed by atoms with Gasteiger partial charge in [-0.2, -0.15) is 0 Å². The van der Waals surface area contributed by atoms with Gasteiger partial charge in [0, 0.05) is 6.08 Å². The van der Waals surface area contributed by atoms with E-state index in [-0.39, 0.29) is 11.6 Å². The molecule has 13 heavy (non-hydrogen) atoms. The molecule has 0 aliphatic heterocycles. The summed E-state index contributed by atoms with van der Waals surface area (Å²) in [5, 5.41) is 0. The zero-order chi connectivity index (χ0) is 9.90. The van der Waals surface area contributed by atoms with Gasteiger partial charge < -0.3 is 4.74 Å². The second kappa shape index (κ2) is 3.95. The molecule has 0 aromatic heterocycles. The summed E-state index contributed by atoms with van der Waals surface area (Å²) in [6, 6.07) is 0. The maximum Gasteiger partial charge on any atom is 0.330 e. The summed E-state index contributed by atoms with van der Waals surface area (Å²) in [7, 11) is 0. The third-order valence-corrected chi connectivity index (χ3v) is 2.06. The van der Waals surface area contributed by atoms with Crippen molar-refractivity contribution in [3.8, 4) is 0 Å². The predicted molar refractivity (Wildman–Crippen MR) is 52.3 cm³/mol. The van der Waals surface area contributed by atoms with Crippen molar-refractivity contribution in [2.24, 2.45) is 5.92 Å². The maximum absolute atomic E-state index is 11.2. The van der Waals surface area contributed by atoms with E-state index in [4.69, 9.17) is 4.74 Å². The molecule has 0 amide bonds. The van der Waals surface area contributed by atoms with Gasteiger partial charge in [0.15, 0.2) is 0 Å². The fourth-order valence-electron chi connectivity index (χ4n) is 1.18. The molecule has 0 unspecified atom stereocenters. The first-order valence-electron chi connectivity index (χ1n) is 4.88. The summed E-state index contributed by atoms with van der Waals surface area (Å²) in [6.07, 6.45) is 7.27. The smallest absolute Gasteiger partial charge is 0.330 e. The molecule has 2 nitrogen and oxygen atoms in total. The van der Waals surface area contributed by atoms with Gasteiger partial charge >= 0.3 is 5.97 Å². The van der Waals surface area contributed by atoms with Crippen LogP contribution in [0.4, 0.5) is 0 Å². The van der Waals surface area contributed by atoms with Crippen molar-refractivity contribution in [2.75, 3.05) is 0 Å². The summed E-state index contributed by atoms with van der Waals surface area (Å²) < 4.78 is 5.13. The Morgan fingerprint density at radius 2 is 2.00 bits per heavy atom. The lowest BCUT2D eigenvalue weighted by Gasteiger charge is -2.22. The van der Waals surface area contributed by atoms with E-state index in [2.05, 4.69) is 0 Å². The Morgan fingerprint density at radius 3 is 2.38 bits per heavy atom. The number of allylic oxidation sites excluding steroid dienone is 1. The summed E-state index contributed by atoms with van der Waals surface area (Å²) in [6.45, 7) is 5.63. The first-order chi connectivity index (χ1) is 5.97. The lowest BCUT2D eigenvalue weighted by Crippen LogP contribution is -2.22. The van der Waals surface area contributed by atoms with Crippen LogP contribution in [0, 0.1) is 5.92 Å². The Bertz CT molecular complexity index is 207. The van der Waals surface area contributed by atoms with E-state index in [9.17, 15) is 4.79 Å². The van der Waals surface area contributed by atoms with E-state index < -0.39 is 0 Å². The molecule has 0 bridgehead atoms.